The Labute approximate surface area is 102 Å². The van der Waals surface area contributed by atoms with Crippen LogP contribution in [0.15, 0.2) is 0 Å². The van der Waals surface area contributed by atoms with E-state index >= 15 is 0 Å². The van der Waals surface area contributed by atoms with Crippen molar-refractivity contribution in [3.63, 3.8) is 0 Å². The molecule has 1 saturated heterocycles. The van der Waals surface area contributed by atoms with Gasteiger partial charge in [-0.2, -0.15) is 5.26 Å². The number of nitriles is 1. The number of rotatable bonds is 4. The highest BCUT2D eigenvalue weighted by atomic mass is 16.5. The van der Waals surface area contributed by atoms with Crippen LogP contribution in [0.25, 0.3) is 0 Å². The summed E-state index contributed by atoms with van der Waals surface area (Å²) < 4.78 is 5.38. The maximum absolute atomic E-state index is 12.1. The normalized spacial score (nSPS) is 27.2. The molecule has 0 aromatic carbocycles. The molecule has 1 heterocycles. The van der Waals surface area contributed by atoms with Gasteiger partial charge >= 0.3 is 0 Å². The molecule has 0 aromatic rings. The average Bonchev–Trinajstić information content (AvgIpc) is 3.13. The van der Waals surface area contributed by atoms with E-state index in [0.717, 1.165) is 19.4 Å². The van der Waals surface area contributed by atoms with Gasteiger partial charge in [0.1, 0.15) is 6.04 Å². The Kier molecular flexibility index (Phi) is 3.97. The van der Waals surface area contributed by atoms with Crippen molar-refractivity contribution >= 4 is 5.91 Å². The standard InChI is InChI=1S/C12H19N3O2/c1-9(4-5-13)15-6-7-17-8-11(15)12(16)14-10-2-3-10/h9-11H,2-4,6-8H2,1H3,(H,14,16). The van der Waals surface area contributed by atoms with Gasteiger partial charge in [-0.25, -0.2) is 0 Å². The maximum atomic E-state index is 12.1. The Morgan fingerprint density at radius 2 is 2.41 bits per heavy atom. The van der Waals surface area contributed by atoms with E-state index in [0.29, 0.717) is 25.7 Å². The van der Waals surface area contributed by atoms with Gasteiger partial charge in [-0.05, 0) is 19.8 Å². The van der Waals surface area contributed by atoms with E-state index in [2.05, 4.69) is 16.3 Å². The third-order valence-electron chi connectivity index (χ3n) is 3.35. The lowest BCUT2D eigenvalue weighted by Gasteiger charge is -2.37. The summed E-state index contributed by atoms with van der Waals surface area (Å²) in [7, 11) is 0. The number of hydrogen-bond donors (Lipinski definition) is 1. The molecule has 17 heavy (non-hydrogen) atoms. The first-order valence-corrected chi connectivity index (χ1v) is 6.23. The highest BCUT2D eigenvalue weighted by Crippen LogP contribution is 2.20. The zero-order chi connectivity index (χ0) is 12.3. The maximum Gasteiger partial charge on any atom is 0.239 e. The van der Waals surface area contributed by atoms with Gasteiger partial charge in [0, 0.05) is 18.6 Å². The van der Waals surface area contributed by atoms with Gasteiger partial charge in [0.15, 0.2) is 0 Å². The van der Waals surface area contributed by atoms with Gasteiger partial charge in [-0.15, -0.1) is 0 Å². The van der Waals surface area contributed by atoms with Crippen LogP contribution in [0.4, 0.5) is 0 Å². The molecule has 94 valence electrons. The van der Waals surface area contributed by atoms with Crippen LogP contribution >= 0.6 is 0 Å². The van der Waals surface area contributed by atoms with Crippen molar-refractivity contribution in [2.45, 2.75) is 44.3 Å². The third kappa shape index (κ3) is 3.18. The van der Waals surface area contributed by atoms with Gasteiger partial charge < -0.3 is 10.1 Å². The molecule has 2 fully saturated rings. The Morgan fingerprint density at radius 3 is 3.06 bits per heavy atom. The van der Waals surface area contributed by atoms with Crippen LogP contribution in [0.3, 0.4) is 0 Å². The lowest BCUT2D eigenvalue weighted by Crippen LogP contribution is -2.56. The molecule has 0 bridgehead atoms. The van der Waals surface area contributed by atoms with E-state index in [-0.39, 0.29) is 18.0 Å². The second-order valence-corrected chi connectivity index (χ2v) is 4.82. The van der Waals surface area contributed by atoms with Gasteiger partial charge in [0.05, 0.1) is 25.7 Å². The van der Waals surface area contributed by atoms with Crippen molar-refractivity contribution in [3.05, 3.63) is 0 Å². The summed E-state index contributed by atoms with van der Waals surface area (Å²) >= 11 is 0. The van der Waals surface area contributed by atoms with Gasteiger partial charge in [0.2, 0.25) is 5.91 Å². The molecule has 1 aliphatic carbocycles. The van der Waals surface area contributed by atoms with Crippen LogP contribution < -0.4 is 5.32 Å². The van der Waals surface area contributed by atoms with E-state index in [1.54, 1.807) is 0 Å². The Bertz CT molecular complexity index is 322. The molecule has 1 N–H and O–H groups in total. The van der Waals surface area contributed by atoms with Crippen molar-refractivity contribution < 1.29 is 9.53 Å². The van der Waals surface area contributed by atoms with Gasteiger partial charge in [0.25, 0.3) is 0 Å². The molecule has 1 saturated carbocycles. The molecule has 2 unspecified atom stereocenters. The monoisotopic (exact) mass is 237 g/mol. The zero-order valence-corrected chi connectivity index (χ0v) is 10.2. The highest BCUT2D eigenvalue weighted by Gasteiger charge is 2.35. The third-order valence-corrected chi connectivity index (χ3v) is 3.35. The lowest BCUT2D eigenvalue weighted by molar-refractivity contribution is -0.134. The number of nitrogens with one attached hydrogen (secondary N) is 1. The number of ether oxygens (including phenoxy) is 1. The zero-order valence-electron chi connectivity index (χ0n) is 10.2. The summed E-state index contributed by atoms with van der Waals surface area (Å²) in [6.45, 7) is 3.80. The van der Waals surface area contributed by atoms with E-state index in [9.17, 15) is 4.79 Å². The predicted octanol–water partition coefficient (Wildman–Crippen LogP) is 0.268. The van der Waals surface area contributed by atoms with Crippen molar-refractivity contribution in [3.8, 4) is 6.07 Å². The molecule has 0 spiro atoms. The molecule has 2 rings (SSSR count). The topological polar surface area (TPSA) is 65.4 Å². The van der Waals surface area contributed by atoms with E-state index in [4.69, 9.17) is 10.00 Å². The van der Waals surface area contributed by atoms with Gasteiger partial charge in [-0.3, -0.25) is 9.69 Å². The van der Waals surface area contributed by atoms with Crippen molar-refractivity contribution in [1.29, 1.82) is 5.26 Å². The fourth-order valence-corrected chi connectivity index (χ4v) is 2.14. The Hall–Kier alpha value is -1.12. The smallest absolute Gasteiger partial charge is 0.239 e. The summed E-state index contributed by atoms with van der Waals surface area (Å²) in [5.74, 6) is 0.0528. The van der Waals surface area contributed by atoms with Crippen LogP contribution in [-0.4, -0.2) is 48.7 Å². The van der Waals surface area contributed by atoms with Crippen molar-refractivity contribution in [2.75, 3.05) is 19.8 Å². The largest absolute Gasteiger partial charge is 0.378 e. The summed E-state index contributed by atoms with van der Waals surface area (Å²) in [5, 5.41) is 11.7. The minimum Gasteiger partial charge on any atom is -0.378 e. The first kappa shape index (κ1) is 12.3. The molecule has 1 amide bonds. The van der Waals surface area contributed by atoms with Crippen molar-refractivity contribution in [1.82, 2.24) is 10.2 Å². The van der Waals surface area contributed by atoms with E-state index in [1.807, 2.05) is 6.92 Å². The molecular formula is C12H19N3O2. The summed E-state index contributed by atoms with van der Waals surface area (Å²) in [5.41, 5.74) is 0. The Morgan fingerprint density at radius 1 is 1.65 bits per heavy atom. The van der Waals surface area contributed by atoms with E-state index < -0.39 is 0 Å². The van der Waals surface area contributed by atoms with Crippen LogP contribution in [0.5, 0.6) is 0 Å². The van der Waals surface area contributed by atoms with Crippen LogP contribution in [0.1, 0.15) is 26.2 Å². The molecule has 1 aliphatic heterocycles. The quantitative estimate of drug-likeness (QED) is 0.762. The molecule has 0 aromatic heterocycles. The molecule has 5 heteroatoms. The number of morpholine rings is 1. The van der Waals surface area contributed by atoms with Gasteiger partial charge in [-0.1, -0.05) is 0 Å². The molecule has 2 atom stereocenters. The number of carbonyl (C=O) groups excluding carboxylic acids is 1. The lowest BCUT2D eigenvalue weighted by atomic mass is 10.1. The first-order valence-electron chi connectivity index (χ1n) is 6.23. The fraction of sp³-hybridized carbons (Fsp3) is 0.833. The summed E-state index contributed by atoms with van der Waals surface area (Å²) in [6, 6.07) is 2.42. The van der Waals surface area contributed by atoms with Crippen LogP contribution in [0, 0.1) is 11.3 Å². The minimum atomic E-state index is -0.229. The predicted molar refractivity (Wildman–Crippen MR) is 62.2 cm³/mol. The average molecular weight is 237 g/mol. The molecule has 5 nitrogen and oxygen atoms in total. The fourth-order valence-electron chi connectivity index (χ4n) is 2.14. The minimum absolute atomic E-state index is 0.0528. The molecule has 2 aliphatic rings. The molecule has 0 radical (unpaired) electrons. The Balaban J connectivity index is 1.95. The number of hydrogen-bond acceptors (Lipinski definition) is 4. The SMILES string of the molecule is CC(CC#N)N1CCOCC1C(=O)NC1CC1. The summed E-state index contributed by atoms with van der Waals surface area (Å²) in [4.78, 5) is 14.1. The second-order valence-electron chi connectivity index (χ2n) is 4.82. The molecular weight excluding hydrogens is 218 g/mol. The van der Waals surface area contributed by atoms with E-state index in [1.165, 1.54) is 0 Å². The second kappa shape index (κ2) is 5.48. The number of nitrogens with zero attached hydrogens (tertiary/aromatic N) is 2. The highest BCUT2D eigenvalue weighted by molar-refractivity contribution is 5.82. The summed E-state index contributed by atoms with van der Waals surface area (Å²) in [6.07, 6.45) is 2.63. The van der Waals surface area contributed by atoms with Crippen LogP contribution in [0.2, 0.25) is 0 Å². The number of amides is 1. The van der Waals surface area contributed by atoms with Crippen LogP contribution in [-0.2, 0) is 9.53 Å². The number of carbonyl (C=O) groups is 1. The van der Waals surface area contributed by atoms with Crippen molar-refractivity contribution in [2.24, 2.45) is 0 Å². The first-order chi connectivity index (χ1) is 8.22.